The third-order valence-corrected chi connectivity index (χ3v) is 5.35. The fraction of sp³-hybridized carbons (Fsp3) is 0.880. The number of hydrogen-bond acceptors (Lipinski definition) is 7. The minimum absolute atomic E-state index is 0.149. The van der Waals surface area contributed by atoms with Gasteiger partial charge >= 0.3 is 17.9 Å². The van der Waals surface area contributed by atoms with E-state index in [1.165, 1.54) is 45.6 Å². The maximum atomic E-state index is 11.7. The van der Waals surface area contributed by atoms with Crippen LogP contribution in [0, 0.1) is 0 Å². The summed E-state index contributed by atoms with van der Waals surface area (Å²) >= 11 is 0. The first-order valence-electron chi connectivity index (χ1n) is 12.6. The molecule has 1 unspecified atom stereocenters. The van der Waals surface area contributed by atoms with Gasteiger partial charge in [0.25, 0.3) is 0 Å². The Morgan fingerprint density at radius 2 is 0.938 bits per heavy atom. The normalized spacial score (nSPS) is 11.7. The molecule has 0 aromatic heterocycles. The lowest BCUT2D eigenvalue weighted by Crippen LogP contribution is -2.25. The van der Waals surface area contributed by atoms with Crippen LogP contribution in [0.3, 0.4) is 0 Å². The largest absolute Gasteiger partial charge is 0.469 e. The van der Waals surface area contributed by atoms with Crippen molar-refractivity contribution in [3.8, 4) is 0 Å². The molecule has 0 amide bonds. The van der Waals surface area contributed by atoms with Crippen molar-refractivity contribution in [2.24, 2.45) is 0 Å². The molecule has 0 saturated carbocycles. The molecule has 1 N–H and O–H groups in total. The molecule has 0 aliphatic rings. The Hall–Kier alpha value is -1.63. The standard InChI is InChI=1S/C25H46O7/c1-3-4-5-6-7-8-9-11-15-18-24(28)31-20-22(26)21-32-25(29)19-16-13-10-12-14-17-23(27)30-2/h22,26H,3-21H2,1-2H3. The van der Waals surface area contributed by atoms with Crippen LogP contribution in [0.25, 0.3) is 0 Å². The molecule has 0 aliphatic heterocycles. The number of aliphatic hydroxyl groups is 1. The van der Waals surface area contributed by atoms with Gasteiger partial charge in [-0.1, -0.05) is 77.6 Å². The molecular formula is C25H46O7. The maximum Gasteiger partial charge on any atom is 0.305 e. The van der Waals surface area contributed by atoms with Crippen molar-refractivity contribution in [3.05, 3.63) is 0 Å². The molecule has 7 heteroatoms. The van der Waals surface area contributed by atoms with Crippen LogP contribution in [0.4, 0.5) is 0 Å². The van der Waals surface area contributed by atoms with E-state index < -0.39 is 6.10 Å². The van der Waals surface area contributed by atoms with E-state index in [0.29, 0.717) is 25.7 Å². The lowest BCUT2D eigenvalue weighted by atomic mass is 10.1. The van der Waals surface area contributed by atoms with Crippen LogP contribution in [0.5, 0.6) is 0 Å². The number of carbonyl (C=O) groups is 3. The Balaban J connectivity index is 3.49. The second-order valence-electron chi connectivity index (χ2n) is 8.44. The van der Waals surface area contributed by atoms with Gasteiger partial charge in [0.1, 0.15) is 19.3 Å². The van der Waals surface area contributed by atoms with Gasteiger partial charge in [0, 0.05) is 19.3 Å². The lowest BCUT2D eigenvalue weighted by Gasteiger charge is -2.12. The highest BCUT2D eigenvalue weighted by atomic mass is 16.6. The van der Waals surface area contributed by atoms with E-state index in [-0.39, 0.29) is 31.1 Å². The minimum atomic E-state index is -0.996. The average molecular weight is 459 g/mol. The molecule has 0 rings (SSSR count). The molecular weight excluding hydrogens is 412 g/mol. The Morgan fingerprint density at radius 1 is 0.594 bits per heavy atom. The first kappa shape index (κ1) is 30.4. The van der Waals surface area contributed by atoms with Crippen molar-refractivity contribution in [2.75, 3.05) is 20.3 Å². The zero-order chi connectivity index (χ0) is 23.9. The predicted molar refractivity (Wildman–Crippen MR) is 124 cm³/mol. The van der Waals surface area contributed by atoms with Gasteiger partial charge in [-0.3, -0.25) is 14.4 Å². The zero-order valence-electron chi connectivity index (χ0n) is 20.4. The second-order valence-corrected chi connectivity index (χ2v) is 8.44. The summed E-state index contributed by atoms with van der Waals surface area (Å²) in [5, 5.41) is 9.82. The van der Waals surface area contributed by atoms with Crippen LogP contribution >= 0.6 is 0 Å². The van der Waals surface area contributed by atoms with Gasteiger partial charge in [-0.2, -0.15) is 0 Å². The van der Waals surface area contributed by atoms with E-state index in [1.807, 2.05) is 0 Å². The maximum absolute atomic E-state index is 11.7. The monoisotopic (exact) mass is 458 g/mol. The number of rotatable bonds is 22. The molecule has 0 aromatic carbocycles. The fourth-order valence-electron chi connectivity index (χ4n) is 3.32. The summed E-state index contributed by atoms with van der Waals surface area (Å²) in [6, 6.07) is 0. The number of hydrogen-bond donors (Lipinski definition) is 1. The van der Waals surface area contributed by atoms with Crippen molar-refractivity contribution in [1.29, 1.82) is 0 Å². The summed E-state index contributed by atoms with van der Waals surface area (Å²) in [6.45, 7) is 1.90. The van der Waals surface area contributed by atoms with E-state index in [2.05, 4.69) is 11.7 Å². The molecule has 0 radical (unpaired) electrons. The molecule has 32 heavy (non-hydrogen) atoms. The molecule has 0 heterocycles. The van der Waals surface area contributed by atoms with Gasteiger partial charge in [0.2, 0.25) is 0 Å². The number of unbranched alkanes of at least 4 members (excludes halogenated alkanes) is 12. The van der Waals surface area contributed by atoms with Crippen molar-refractivity contribution in [3.63, 3.8) is 0 Å². The van der Waals surface area contributed by atoms with Crippen LogP contribution in [-0.4, -0.2) is 49.4 Å². The lowest BCUT2D eigenvalue weighted by molar-refractivity contribution is -0.152. The molecule has 188 valence electrons. The first-order chi connectivity index (χ1) is 15.5. The number of carbonyl (C=O) groups excluding carboxylic acids is 3. The van der Waals surface area contributed by atoms with Crippen LogP contribution in [0.2, 0.25) is 0 Å². The molecule has 0 fully saturated rings. The topological polar surface area (TPSA) is 99.1 Å². The molecule has 0 aromatic rings. The number of esters is 3. The summed E-state index contributed by atoms with van der Waals surface area (Å²) in [4.78, 5) is 34.4. The van der Waals surface area contributed by atoms with Crippen molar-refractivity contribution < 1.29 is 33.7 Å². The SMILES string of the molecule is CCCCCCCCCCCC(=O)OCC(O)COC(=O)CCCCCCCC(=O)OC. The van der Waals surface area contributed by atoms with E-state index in [0.717, 1.165) is 44.9 Å². The van der Waals surface area contributed by atoms with Crippen LogP contribution in [0.15, 0.2) is 0 Å². The van der Waals surface area contributed by atoms with E-state index in [4.69, 9.17) is 9.47 Å². The Kier molecular flexibility index (Phi) is 21.4. The van der Waals surface area contributed by atoms with Crippen molar-refractivity contribution in [2.45, 2.75) is 122 Å². The van der Waals surface area contributed by atoms with E-state index in [9.17, 15) is 19.5 Å². The van der Waals surface area contributed by atoms with E-state index >= 15 is 0 Å². The third-order valence-electron chi connectivity index (χ3n) is 5.35. The van der Waals surface area contributed by atoms with Crippen LogP contribution in [-0.2, 0) is 28.6 Å². The van der Waals surface area contributed by atoms with E-state index in [1.54, 1.807) is 0 Å². The minimum Gasteiger partial charge on any atom is -0.469 e. The fourth-order valence-corrected chi connectivity index (χ4v) is 3.32. The second kappa shape index (κ2) is 22.6. The quantitative estimate of drug-likeness (QED) is 0.134. The number of methoxy groups -OCH3 is 1. The van der Waals surface area contributed by atoms with Crippen LogP contribution < -0.4 is 0 Å². The Labute approximate surface area is 194 Å². The summed E-state index contributed by atoms with van der Waals surface area (Å²) in [5.74, 6) is -0.869. The highest BCUT2D eigenvalue weighted by Gasteiger charge is 2.12. The highest BCUT2D eigenvalue weighted by molar-refractivity contribution is 5.70. The third kappa shape index (κ3) is 21.6. The smallest absolute Gasteiger partial charge is 0.305 e. The van der Waals surface area contributed by atoms with Gasteiger partial charge in [-0.15, -0.1) is 0 Å². The summed E-state index contributed by atoms with van der Waals surface area (Å²) in [6.07, 6.45) is 15.0. The van der Waals surface area contributed by atoms with Crippen LogP contribution in [0.1, 0.15) is 116 Å². The van der Waals surface area contributed by atoms with Gasteiger partial charge in [-0.05, 0) is 19.3 Å². The average Bonchev–Trinajstić information content (AvgIpc) is 2.79. The molecule has 1 atom stereocenters. The summed E-state index contributed by atoms with van der Waals surface area (Å²) < 4.78 is 14.7. The summed E-state index contributed by atoms with van der Waals surface area (Å²) in [7, 11) is 1.38. The van der Waals surface area contributed by atoms with Gasteiger partial charge in [-0.25, -0.2) is 0 Å². The predicted octanol–water partition coefficient (Wildman–Crippen LogP) is 5.26. The number of aliphatic hydroxyl groups excluding tert-OH is 1. The molecule has 7 nitrogen and oxygen atoms in total. The Morgan fingerprint density at radius 3 is 1.31 bits per heavy atom. The van der Waals surface area contributed by atoms with Crippen molar-refractivity contribution in [1.82, 2.24) is 0 Å². The van der Waals surface area contributed by atoms with Gasteiger partial charge < -0.3 is 19.3 Å². The molecule has 0 saturated heterocycles. The zero-order valence-corrected chi connectivity index (χ0v) is 20.4. The van der Waals surface area contributed by atoms with Gasteiger partial charge in [0.15, 0.2) is 0 Å². The molecule has 0 spiro atoms. The number of ether oxygens (including phenoxy) is 3. The first-order valence-corrected chi connectivity index (χ1v) is 12.6. The molecule has 0 aliphatic carbocycles. The highest BCUT2D eigenvalue weighted by Crippen LogP contribution is 2.11. The van der Waals surface area contributed by atoms with Gasteiger partial charge in [0.05, 0.1) is 7.11 Å². The van der Waals surface area contributed by atoms with Crippen molar-refractivity contribution >= 4 is 17.9 Å². The summed E-state index contributed by atoms with van der Waals surface area (Å²) in [5.41, 5.74) is 0. The molecule has 0 bridgehead atoms. The Bertz CT molecular complexity index is 479.